The molecule has 2 unspecified atom stereocenters. The molecule has 1 amide bonds. The van der Waals surface area contributed by atoms with Crippen molar-refractivity contribution in [2.75, 3.05) is 18.6 Å². The minimum Gasteiger partial charge on any atom is -0.315 e. The predicted octanol–water partition coefficient (Wildman–Crippen LogP) is 3.30. The first-order valence-electron chi connectivity index (χ1n) is 7.88. The maximum atomic E-state index is 12.7. The Morgan fingerprint density at radius 1 is 1.24 bits per heavy atom. The minimum atomic E-state index is -0.598. The van der Waals surface area contributed by atoms with Gasteiger partial charge in [-0.1, -0.05) is 37.5 Å². The maximum Gasteiger partial charge on any atom is 0.229 e. The molecule has 1 N–H and O–H groups in total. The van der Waals surface area contributed by atoms with Crippen LogP contribution < -0.4 is 10.2 Å². The second kappa shape index (κ2) is 8.13. The Bertz CT molecular complexity index is 438. The molecule has 1 saturated carbocycles. The summed E-state index contributed by atoms with van der Waals surface area (Å²) >= 11 is 0. The van der Waals surface area contributed by atoms with Crippen LogP contribution in [-0.2, 0) is 4.79 Å². The van der Waals surface area contributed by atoms with Crippen LogP contribution in [0.3, 0.4) is 0 Å². The second-order valence-corrected chi connectivity index (χ2v) is 5.64. The lowest BCUT2D eigenvalue weighted by Crippen LogP contribution is -2.51. The Labute approximate surface area is 126 Å². The number of hydrogen-bond acceptors (Lipinski definition) is 2. The normalized spacial score (nSPS) is 22.6. The monoisotopic (exact) mass is 292 g/mol. The fourth-order valence-electron chi connectivity index (χ4n) is 3.24. The van der Waals surface area contributed by atoms with Crippen molar-refractivity contribution < 1.29 is 9.18 Å². The van der Waals surface area contributed by atoms with Gasteiger partial charge in [0.2, 0.25) is 5.91 Å². The summed E-state index contributed by atoms with van der Waals surface area (Å²) in [7, 11) is 1.95. The van der Waals surface area contributed by atoms with Crippen molar-refractivity contribution in [1.29, 1.82) is 0 Å². The van der Waals surface area contributed by atoms with E-state index in [1.54, 1.807) is 0 Å². The predicted molar refractivity (Wildman–Crippen MR) is 84.2 cm³/mol. The summed E-state index contributed by atoms with van der Waals surface area (Å²) in [6.07, 6.45) is 5.50. The van der Waals surface area contributed by atoms with Gasteiger partial charge in [0.15, 0.2) is 0 Å². The third-order valence-electron chi connectivity index (χ3n) is 4.29. The van der Waals surface area contributed by atoms with E-state index < -0.39 is 6.67 Å². The number of rotatable bonds is 5. The molecule has 1 aromatic carbocycles. The van der Waals surface area contributed by atoms with E-state index in [-0.39, 0.29) is 24.4 Å². The van der Waals surface area contributed by atoms with Crippen LogP contribution in [-0.4, -0.2) is 31.7 Å². The van der Waals surface area contributed by atoms with E-state index in [1.807, 2.05) is 42.3 Å². The molecule has 21 heavy (non-hydrogen) atoms. The zero-order valence-electron chi connectivity index (χ0n) is 12.7. The van der Waals surface area contributed by atoms with E-state index in [0.29, 0.717) is 0 Å². The van der Waals surface area contributed by atoms with Crippen molar-refractivity contribution in [1.82, 2.24) is 5.32 Å². The fraction of sp³-hybridized carbons (Fsp3) is 0.588. The summed E-state index contributed by atoms with van der Waals surface area (Å²) < 4.78 is 12.7. The first-order valence-corrected chi connectivity index (χ1v) is 7.88. The number of anilines is 1. The summed E-state index contributed by atoms with van der Waals surface area (Å²) in [5.74, 6) is -0.115. The van der Waals surface area contributed by atoms with Gasteiger partial charge < -0.3 is 10.2 Å². The Hall–Kier alpha value is -1.42. The molecule has 3 nitrogen and oxygen atoms in total. The van der Waals surface area contributed by atoms with Crippen molar-refractivity contribution in [3.8, 4) is 0 Å². The number of halogens is 1. The molecule has 0 saturated heterocycles. The molecular weight excluding hydrogens is 267 g/mol. The largest absolute Gasteiger partial charge is 0.315 e. The highest BCUT2D eigenvalue weighted by Gasteiger charge is 2.31. The van der Waals surface area contributed by atoms with E-state index in [9.17, 15) is 9.18 Å². The van der Waals surface area contributed by atoms with Crippen molar-refractivity contribution in [3.63, 3.8) is 0 Å². The van der Waals surface area contributed by atoms with E-state index in [2.05, 4.69) is 5.32 Å². The summed E-state index contributed by atoms with van der Waals surface area (Å²) in [6.45, 7) is -0.598. The lowest BCUT2D eigenvalue weighted by molar-refractivity contribution is -0.119. The van der Waals surface area contributed by atoms with Gasteiger partial charge in [0, 0.05) is 11.7 Å². The summed E-state index contributed by atoms with van der Waals surface area (Å²) in [6, 6.07) is 10.0. The Morgan fingerprint density at radius 2 is 1.95 bits per heavy atom. The number of para-hydroxylation sites is 1. The Kier molecular flexibility index (Phi) is 6.18. The van der Waals surface area contributed by atoms with Gasteiger partial charge in [-0.15, -0.1) is 0 Å². The third-order valence-corrected chi connectivity index (χ3v) is 4.29. The highest BCUT2D eigenvalue weighted by atomic mass is 19.1. The molecule has 116 valence electrons. The van der Waals surface area contributed by atoms with Crippen molar-refractivity contribution >= 4 is 11.6 Å². The summed E-state index contributed by atoms with van der Waals surface area (Å²) in [4.78, 5) is 14.3. The molecule has 4 heteroatoms. The van der Waals surface area contributed by atoms with E-state index in [4.69, 9.17) is 0 Å². The molecule has 2 rings (SSSR count). The van der Waals surface area contributed by atoms with Crippen molar-refractivity contribution in [2.45, 2.75) is 50.6 Å². The van der Waals surface area contributed by atoms with Gasteiger partial charge in [0.1, 0.15) is 0 Å². The molecule has 1 aromatic rings. The van der Waals surface area contributed by atoms with Gasteiger partial charge in [-0.05, 0) is 32.0 Å². The standard InChI is InChI=1S/C17H25FN2O/c1-19-15-10-6-3-7-11-16(15)20(17(21)12-13-18)14-8-4-2-5-9-14/h2,4-5,8-9,15-16,19H,3,6-7,10-13H2,1H3. The molecule has 0 aromatic heterocycles. The van der Waals surface area contributed by atoms with Gasteiger partial charge in [-0.3, -0.25) is 9.18 Å². The first-order chi connectivity index (χ1) is 10.3. The van der Waals surface area contributed by atoms with Gasteiger partial charge >= 0.3 is 0 Å². The molecular formula is C17H25FN2O. The molecule has 0 heterocycles. The first kappa shape index (κ1) is 16.0. The highest BCUT2D eigenvalue weighted by Crippen LogP contribution is 2.27. The van der Waals surface area contributed by atoms with Crippen LogP contribution in [0.15, 0.2) is 30.3 Å². The molecule has 0 spiro atoms. The highest BCUT2D eigenvalue weighted by molar-refractivity contribution is 5.94. The zero-order chi connectivity index (χ0) is 15.1. The lowest BCUT2D eigenvalue weighted by atomic mass is 10.00. The molecule has 0 radical (unpaired) electrons. The van der Waals surface area contributed by atoms with Crippen LogP contribution in [0.1, 0.15) is 38.5 Å². The SMILES string of the molecule is CNC1CCCCCC1N(C(=O)CCF)c1ccccc1. The van der Waals surface area contributed by atoms with E-state index in [1.165, 1.54) is 12.8 Å². The van der Waals surface area contributed by atoms with Crippen molar-refractivity contribution in [2.24, 2.45) is 0 Å². The number of carbonyl (C=O) groups is 1. The number of likely N-dealkylation sites (N-methyl/N-ethyl adjacent to an activating group) is 1. The Morgan fingerprint density at radius 3 is 2.62 bits per heavy atom. The zero-order valence-corrected chi connectivity index (χ0v) is 12.7. The number of nitrogens with zero attached hydrogens (tertiary/aromatic N) is 1. The number of alkyl halides is 1. The van der Waals surface area contributed by atoms with Gasteiger partial charge in [-0.25, -0.2) is 0 Å². The molecule has 2 atom stereocenters. The van der Waals surface area contributed by atoms with Crippen molar-refractivity contribution in [3.05, 3.63) is 30.3 Å². The number of carbonyl (C=O) groups excluding carboxylic acids is 1. The quantitative estimate of drug-likeness (QED) is 0.845. The fourth-order valence-corrected chi connectivity index (χ4v) is 3.24. The smallest absolute Gasteiger partial charge is 0.229 e. The number of amides is 1. The van der Waals surface area contributed by atoms with Gasteiger partial charge in [0.25, 0.3) is 0 Å². The van der Waals surface area contributed by atoms with Gasteiger partial charge in [0.05, 0.1) is 19.1 Å². The van der Waals surface area contributed by atoms with E-state index >= 15 is 0 Å². The molecule has 1 aliphatic rings. The van der Waals surface area contributed by atoms with Crippen LogP contribution >= 0.6 is 0 Å². The summed E-state index contributed by atoms with van der Waals surface area (Å²) in [5.41, 5.74) is 0.878. The second-order valence-electron chi connectivity index (χ2n) is 5.64. The maximum absolute atomic E-state index is 12.7. The Balaban J connectivity index is 2.30. The topological polar surface area (TPSA) is 32.3 Å². The average molecular weight is 292 g/mol. The van der Waals surface area contributed by atoms with Crippen LogP contribution in [0.2, 0.25) is 0 Å². The molecule has 0 bridgehead atoms. The number of benzene rings is 1. The van der Waals surface area contributed by atoms with Crippen LogP contribution in [0.25, 0.3) is 0 Å². The molecule has 1 aliphatic carbocycles. The van der Waals surface area contributed by atoms with Crippen LogP contribution in [0.5, 0.6) is 0 Å². The van der Waals surface area contributed by atoms with Gasteiger partial charge in [-0.2, -0.15) is 0 Å². The van der Waals surface area contributed by atoms with Crippen LogP contribution in [0, 0.1) is 0 Å². The average Bonchev–Trinajstić information content (AvgIpc) is 2.74. The molecule has 0 aliphatic heterocycles. The third kappa shape index (κ3) is 4.03. The lowest BCUT2D eigenvalue weighted by Gasteiger charge is -2.36. The number of nitrogens with one attached hydrogen (secondary N) is 1. The van der Waals surface area contributed by atoms with E-state index in [0.717, 1.165) is 24.9 Å². The number of hydrogen-bond donors (Lipinski definition) is 1. The molecule has 1 fully saturated rings. The summed E-state index contributed by atoms with van der Waals surface area (Å²) in [5, 5.41) is 3.35. The minimum absolute atomic E-state index is 0.0399. The van der Waals surface area contributed by atoms with Crippen LogP contribution in [0.4, 0.5) is 10.1 Å².